The van der Waals surface area contributed by atoms with E-state index < -0.39 is 6.04 Å². The Morgan fingerprint density at radius 2 is 1.79 bits per heavy atom. The number of nitrogens with zero attached hydrogens (tertiary/aromatic N) is 2. The van der Waals surface area contributed by atoms with Crippen molar-refractivity contribution in [2.45, 2.75) is 44.3 Å². The highest BCUT2D eigenvalue weighted by atomic mass is 79.9. The van der Waals surface area contributed by atoms with Gasteiger partial charge < -0.3 is 15.5 Å². The number of piperidine rings is 1. The van der Waals surface area contributed by atoms with Gasteiger partial charge in [0.15, 0.2) is 0 Å². The van der Waals surface area contributed by atoms with Gasteiger partial charge in [-0.3, -0.25) is 19.3 Å². The second-order valence-electron chi connectivity index (χ2n) is 8.64. The van der Waals surface area contributed by atoms with E-state index in [9.17, 15) is 14.4 Å². The van der Waals surface area contributed by atoms with Gasteiger partial charge in [0.05, 0.1) is 0 Å². The Hall–Kier alpha value is -2.71. The molecule has 2 heterocycles. The van der Waals surface area contributed by atoms with Crippen molar-refractivity contribution >= 4 is 39.3 Å². The lowest BCUT2D eigenvalue weighted by atomic mass is 10.0. The fourth-order valence-corrected chi connectivity index (χ4v) is 4.99. The summed E-state index contributed by atoms with van der Waals surface area (Å²) in [5.41, 5.74) is 2.31. The van der Waals surface area contributed by atoms with Gasteiger partial charge in [-0.1, -0.05) is 34.1 Å². The van der Waals surface area contributed by atoms with E-state index in [1.165, 1.54) is 5.56 Å². The zero-order chi connectivity index (χ0) is 23.4. The van der Waals surface area contributed by atoms with Crippen molar-refractivity contribution in [3.8, 4) is 0 Å². The molecule has 0 aromatic heterocycles. The molecule has 0 bridgehead atoms. The van der Waals surface area contributed by atoms with Crippen LogP contribution in [0.5, 0.6) is 0 Å². The van der Waals surface area contributed by atoms with Crippen molar-refractivity contribution in [1.82, 2.24) is 15.1 Å². The molecule has 0 aliphatic carbocycles. The number of benzene rings is 2. The van der Waals surface area contributed by atoms with Crippen LogP contribution in [0.25, 0.3) is 0 Å². The molecule has 3 amide bonds. The molecule has 2 N–H and O–H groups in total. The summed E-state index contributed by atoms with van der Waals surface area (Å²) in [7, 11) is 1.57. The Morgan fingerprint density at radius 1 is 1.06 bits per heavy atom. The number of anilines is 1. The zero-order valence-electron chi connectivity index (χ0n) is 18.7. The zero-order valence-corrected chi connectivity index (χ0v) is 20.3. The molecular weight excluding hydrogens is 484 g/mol. The minimum Gasteiger partial charge on any atom is -0.355 e. The minimum atomic E-state index is -0.468. The Labute approximate surface area is 202 Å². The lowest BCUT2D eigenvalue weighted by Crippen LogP contribution is -2.51. The molecular formula is C25H29BrN4O3. The van der Waals surface area contributed by atoms with Gasteiger partial charge in [-0.15, -0.1) is 0 Å². The summed E-state index contributed by atoms with van der Waals surface area (Å²) >= 11 is 3.47. The van der Waals surface area contributed by atoms with Crippen LogP contribution in [0.2, 0.25) is 0 Å². The number of hydrogen-bond acceptors (Lipinski definition) is 4. The molecule has 0 radical (unpaired) electrons. The molecule has 1 atom stereocenters. The molecule has 174 valence electrons. The quantitative estimate of drug-likeness (QED) is 0.621. The van der Waals surface area contributed by atoms with Crippen molar-refractivity contribution in [2.75, 3.05) is 25.5 Å². The third kappa shape index (κ3) is 5.62. The average molecular weight is 513 g/mol. The van der Waals surface area contributed by atoms with Crippen molar-refractivity contribution in [1.29, 1.82) is 0 Å². The second kappa shape index (κ2) is 10.5. The first-order chi connectivity index (χ1) is 15.9. The fourth-order valence-electron chi connectivity index (χ4n) is 4.73. The third-order valence-corrected chi connectivity index (χ3v) is 6.98. The van der Waals surface area contributed by atoms with Crippen LogP contribution in [0.4, 0.5) is 5.69 Å². The molecule has 2 aromatic carbocycles. The predicted octanol–water partition coefficient (Wildman–Crippen LogP) is 3.40. The summed E-state index contributed by atoms with van der Waals surface area (Å²) in [6.07, 6.45) is 2.64. The Balaban J connectivity index is 1.36. The lowest BCUT2D eigenvalue weighted by Gasteiger charge is -2.39. The average Bonchev–Trinajstić information content (AvgIpc) is 3.22. The van der Waals surface area contributed by atoms with Crippen molar-refractivity contribution in [3.05, 3.63) is 64.1 Å². The maximum absolute atomic E-state index is 13.1. The van der Waals surface area contributed by atoms with Crippen LogP contribution in [-0.2, 0) is 16.1 Å². The number of likely N-dealkylation sites (tertiary alicyclic amines) is 2. The van der Waals surface area contributed by atoms with Gasteiger partial charge in [-0.2, -0.15) is 0 Å². The van der Waals surface area contributed by atoms with Crippen LogP contribution >= 0.6 is 15.9 Å². The van der Waals surface area contributed by atoms with Gasteiger partial charge in [0.1, 0.15) is 6.04 Å². The number of carbonyl (C=O) groups excluding carboxylic acids is 3. The van der Waals surface area contributed by atoms with E-state index in [-0.39, 0.29) is 23.8 Å². The van der Waals surface area contributed by atoms with Gasteiger partial charge in [-0.05, 0) is 55.2 Å². The topological polar surface area (TPSA) is 81.8 Å². The van der Waals surface area contributed by atoms with Crippen molar-refractivity contribution < 1.29 is 14.4 Å². The van der Waals surface area contributed by atoms with E-state index in [1.807, 2.05) is 4.90 Å². The van der Waals surface area contributed by atoms with Gasteiger partial charge >= 0.3 is 0 Å². The molecule has 2 saturated heterocycles. The molecule has 2 aromatic rings. The monoisotopic (exact) mass is 512 g/mol. The molecule has 8 heteroatoms. The first-order valence-corrected chi connectivity index (χ1v) is 12.1. The molecule has 2 aliphatic rings. The first kappa shape index (κ1) is 23.4. The molecule has 2 fully saturated rings. The molecule has 0 unspecified atom stereocenters. The van der Waals surface area contributed by atoms with Gasteiger partial charge in [-0.25, -0.2) is 0 Å². The van der Waals surface area contributed by atoms with E-state index >= 15 is 0 Å². The number of halogens is 1. The number of hydrogen-bond donors (Lipinski definition) is 2. The molecule has 7 nitrogen and oxygen atoms in total. The largest absolute Gasteiger partial charge is 0.355 e. The number of nitrogens with one attached hydrogen (secondary N) is 2. The molecule has 0 saturated carbocycles. The maximum Gasteiger partial charge on any atom is 0.251 e. The Bertz CT molecular complexity index is 1020. The van der Waals surface area contributed by atoms with Crippen molar-refractivity contribution in [3.63, 3.8) is 0 Å². The molecule has 0 spiro atoms. The smallest absolute Gasteiger partial charge is 0.251 e. The van der Waals surface area contributed by atoms with E-state index in [0.717, 1.165) is 36.9 Å². The van der Waals surface area contributed by atoms with Gasteiger partial charge in [0, 0.05) is 54.9 Å². The second-order valence-corrected chi connectivity index (χ2v) is 9.55. The first-order valence-electron chi connectivity index (χ1n) is 11.4. The summed E-state index contributed by atoms with van der Waals surface area (Å²) < 4.78 is 1.07. The van der Waals surface area contributed by atoms with E-state index in [4.69, 9.17) is 0 Å². The van der Waals surface area contributed by atoms with Crippen LogP contribution in [0, 0.1) is 0 Å². The van der Waals surface area contributed by atoms with E-state index in [2.05, 4.69) is 55.7 Å². The van der Waals surface area contributed by atoms with Crippen LogP contribution in [-0.4, -0.2) is 59.7 Å². The Morgan fingerprint density at radius 3 is 2.48 bits per heavy atom. The van der Waals surface area contributed by atoms with Crippen LogP contribution in [0.15, 0.2) is 53.0 Å². The van der Waals surface area contributed by atoms with Crippen LogP contribution in [0.3, 0.4) is 0 Å². The molecule has 33 heavy (non-hydrogen) atoms. The molecule has 4 rings (SSSR count). The summed E-state index contributed by atoms with van der Waals surface area (Å²) in [5, 5.41) is 5.50. The van der Waals surface area contributed by atoms with Gasteiger partial charge in [0.25, 0.3) is 5.91 Å². The lowest BCUT2D eigenvalue weighted by molar-refractivity contribution is -0.136. The predicted molar refractivity (Wildman–Crippen MR) is 131 cm³/mol. The Kier molecular flexibility index (Phi) is 7.45. The van der Waals surface area contributed by atoms with Crippen LogP contribution < -0.4 is 10.6 Å². The van der Waals surface area contributed by atoms with Gasteiger partial charge in [0.2, 0.25) is 11.8 Å². The van der Waals surface area contributed by atoms with Crippen LogP contribution in [0.1, 0.15) is 41.6 Å². The number of carbonyl (C=O) groups is 3. The minimum absolute atomic E-state index is 0.0561. The van der Waals surface area contributed by atoms with Crippen molar-refractivity contribution in [2.24, 2.45) is 0 Å². The van der Waals surface area contributed by atoms with E-state index in [1.54, 1.807) is 31.3 Å². The summed E-state index contributed by atoms with van der Waals surface area (Å²) in [6, 6.07) is 14.8. The molecule has 2 aliphatic heterocycles. The maximum atomic E-state index is 13.1. The third-order valence-electron chi connectivity index (χ3n) is 6.45. The van der Waals surface area contributed by atoms with E-state index in [0.29, 0.717) is 24.1 Å². The normalized spacial score (nSPS) is 19.5. The highest BCUT2D eigenvalue weighted by Crippen LogP contribution is 2.29. The summed E-state index contributed by atoms with van der Waals surface area (Å²) in [4.78, 5) is 41.9. The SMILES string of the molecule is CNC(=O)c1cccc(NC(=O)[C@H]2CCC(=O)N2C2CCN(Cc3ccc(Br)cc3)CC2)c1. The number of amides is 3. The fraction of sp³-hybridized carbons (Fsp3) is 0.400. The standard InChI is InChI=1S/C25H29BrN4O3/c1-27-24(32)18-3-2-4-20(15-18)28-25(33)22-9-10-23(31)30(22)21-11-13-29(14-12-21)16-17-5-7-19(26)8-6-17/h2-8,15,21-22H,9-14,16H2,1H3,(H,27,32)(H,28,33)/t22-/m1/s1. The summed E-state index contributed by atoms with van der Waals surface area (Å²) in [5.74, 6) is -0.341. The number of rotatable bonds is 6. The highest BCUT2D eigenvalue weighted by molar-refractivity contribution is 9.10. The summed E-state index contributed by atoms with van der Waals surface area (Å²) in [6.45, 7) is 2.68. The highest BCUT2D eigenvalue weighted by Gasteiger charge is 2.41.